The summed E-state index contributed by atoms with van der Waals surface area (Å²) in [5, 5.41) is 28.8. The molecular weight excluding hydrogens is 505 g/mol. The number of nitrogens with two attached hydrogens (primary N) is 1. The number of hydrogen-bond acceptors (Lipinski definition) is 10. The van der Waals surface area contributed by atoms with Crippen LogP contribution in [0.2, 0.25) is 0 Å². The molecule has 37 heavy (non-hydrogen) atoms. The summed E-state index contributed by atoms with van der Waals surface area (Å²) in [5.74, 6) is -0.677. The largest absolute Gasteiger partial charge is 0.756 e. The zero-order valence-corrected chi connectivity index (χ0v) is 20.7. The summed E-state index contributed by atoms with van der Waals surface area (Å²) >= 11 is 0. The molecule has 0 saturated carbocycles. The van der Waals surface area contributed by atoms with E-state index in [1.165, 1.54) is 29.1 Å². The lowest BCUT2D eigenvalue weighted by molar-refractivity contribution is -0.765. The van der Waals surface area contributed by atoms with Crippen LogP contribution < -0.4 is 15.2 Å². The number of carbonyl (C=O) groups excluding carboxylic acids is 1. The van der Waals surface area contributed by atoms with Gasteiger partial charge in [-0.15, -0.1) is 5.10 Å². The minimum absolute atomic E-state index is 0.137. The number of aliphatic hydroxyl groups is 2. The SMILES string of the molecule is NC(=O)c1ccc[n+]([C@@H]2O[C@H](COP(=O)([O-])OCCCc3cn(Cc4ccccc4)nn3)[C@@H](O)[C@H]2O)c1. The third-order valence-electron chi connectivity index (χ3n) is 5.73. The van der Waals surface area contributed by atoms with Gasteiger partial charge in [0.2, 0.25) is 0 Å². The average Bonchev–Trinajstić information content (AvgIpc) is 3.45. The van der Waals surface area contributed by atoms with Crippen molar-refractivity contribution < 1.29 is 42.8 Å². The minimum Gasteiger partial charge on any atom is -0.756 e. The lowest BCUT2D eigenvalue weighted by atomic mass is 10.1. The third-order valence-corrected chi connectivity index (χ3v) is 6.70. The molecule has 1 unspecified atom stereocenters. The molecule has 1 aliphatic heterocycles. The number of ether oxygens (including phenoxy) is 1. The van der Waals surface area contributed by atoms with Gasteiger partial charge in [-0.3, -0.25) is 9.36 Å². The molecule has 1 aromatic carbocycles. The first-order chi connectivity index (χ1) is 17.7. The quantitative estimate of drug-likeness (QED) is 0.155. The fraction of sp³-hybridized carbons (Fsp3) is 0.391. The van der Waals surface area contributed by atoms with Gasteiger partial charge in [-0.2, -0.15) is 4.57 Å². The molecule has 1 saturated heterocycles. The maximum absolute atomic E-state index is 12.2. The van der Waals surface area contributed by atoms with Gasteiger partial charge in [0.05, 0.1) is 25.5 Å². The van der Waals surface area contributed by atoms with E-state index in [0.29, 0.717) is 25.1 Å². The van der Waals surface area contributed by atoms with E-state index in [4.69, 9.17) is 19.5 Å². The van der Waals surface area contributed by atoms with Gasteiger partial charge in [-0.05, 0) is 24.5 Å². The highest BCUT2D eigenvalue weighted by Gasteiger charge is 2.48. The molecule has 3 heterocycles. The highest BCUT2D eigenvalue weighted by molar-refractivity contribution is 7.45. The summed E-state index contributed by atoms with van der Waals surface area (Å²) in [6.07, 6.45) is 0.395. The summed E-state index contributed by atoms with van der Waals surface area (Å²) < 4.78 is 30.6. The van der Waals surface area contributed by atoms with Crippen molar-refractivity contribution in [3.05, 3.63) is 77.9 Å². The summed E-state index contributed by atoms with van der Waals surface area (Å²) in [4.78, 5) is 23.6. The molecule has 3 aromatic rings. The van der Waals surface area contributed by atoms with Crippen molar-refractivity contribution in [3.8, 4) is 0 Å². The maximum Gasteiger partial charge on any atom is 0.292 e. The van der Waals surface area contributed by atoms with Gasteiger partial charge in [0.15, 0.2) is 18.5 Å². The van der Waals surface area contributed by atoms with Crippen molar-refractivity contribution in [2.45, 2.75) is 43.9 Å². The number of pyridine rings is 1. The van der Waals surface area contributed by atoms with Gasteiger partial charge >= 0.3 is 0 Å². The number of nitrogens with zero attached hydrogens (tertiary/aromatic N) is 4. The molecule has 0 spiro atoms. The molecule has 1 fully saturated rings. The summed E-state index contributed by atoms with van der Waals surface area (Å²) in [6, 6.07) is 12.8. The zero-order chi connectivity index (χ0) is 26.4. The highest BCUT2D eigenvalue weighted by Crippen LogP contribution is 2.40. The van der Waals surface area contributed by atoms with Crippen LogP contribution in [-0.2, 0) is 31.3 Å². The van der Waals surface area contributed by atoms with Crippen molar-refractivity contribution in [2.24, 2.45) is 5.73 Å². The monoisotopic (exact) mass is 533 g/mol. The number of benzene rings is 1. The van der Waals surface area contributed by atoms with Crippen molar-refractivity contribution in [2.75, 3.05) is 13.2 Å². The number of primary amides is 1. The fourth-order valence-corrected chi connectivity index (χ4v) is 4.60. The molecule has 0 bridgehead atoms. The zero-order valence-electron chi connectivity index (χ0n) is 19.8. The second-order valence-electron chi connectivity index (χ2n) is 8.52. The second kappa shape index (κ2) is 12.0. The molecular formula is C23H28N5O8P. The van der Waals surface area contributed by atoms with Gasteiger partial charge in [0.1, 0.15) is 17.8 Å². The Morgan fingerprint density at radius 3 is 2.73 bits per heavy atom. The first kappa shape index (κ1) is 27.0. The number of aryl methyl sites for hydroxylation is 1. The molecule has 14 heteroatoms. The van der Waals surface area contributed by atoms with Crippen LogP contribution >= 0.6 is 7.82 Å². The van der Waals surface area contributed by atoms with Crippen LogP contribution in [0.5, 0.6) is 0 Å². The number of aliphatic hydroxyl groups excluding tert-OH is 2. The Bertz CT molecular complexity index is 1240. The van der Waals surface area contributed by atoms with Gasteiger partial charge in [0.25, 0.3) is 20.0 Å². The molecule has 0 aliphatic carbocycles. The second-order valence-corrected chi connectivity index (χ2v) is 9.93. The highest BCUT2D eigenvalue weighted by atomic mass is 31.2. The molecule has 0 radical (unpaired) electrons. The Balaban J connectivity index is 1.21. The molecule has 4 N–H and O–H groups in total. The van der Waals surface area contributed by atoms with Crippen LogP contribution in [0.4, 0.5) is 0 Å². The molecule has 1 aliphatic rings. The number of hydrogen-bond donors (Lipinski definition) is 3. The van der Waals surface area contributed by atoms with Crippen LogP contribution in [0, 0.1) is 0 Å². The Kier molecular flexibility index (Phi) is 8.77. The number of rotatable bonds is 12. The standard InChI is InChI=1S/C23H28N5O8P/c24-22(31)17-8-4-10-27(13-17)23-21(30)20(29)19(36-23)15-35-37(32,33)34-11-5-9-18-14-28(26-25-18)12-16-6-2-1-3-7-16/h1-4,6-8,10,13-14,19-21,23,29-30H,5,9,11-12,15H2,(H2-,24,31,32,33)/t19-,20-,21-,23-/m1/s1. The summed E-state index contributed by atoms with van der Waals surface area (Å²) in [7, 11) is -4.70. The van der Waals surface area contributed by atoms with Crippen molar-refractivity contribution in [3.63, 3.8) is 0 Å². The number of phosphoric ester groups is 1. The van der Waals surface area contributed by atoms with E-state index >= 15 is 0 Å². The average molecular weight is 533 g/mol. The predicted molar refractivity (Wildman–Crippen MR) is 124 cm³/mol. The van der Waals surface area contributed by atoms with E-state index in [-0.39, 0.29) is 12.2 Å². The Hall–Kier alpha value is -3.03. The number of carbonyl (C=O) groups is 1. The first-order valence-corrected chi connectivity index (χ1v) is 13.0. The number of amides is 1. The van der Waals surface area contributed by atoms with Gasteiger partial charge in [-0.25, -0.2) is 4.68 Å². The lowest BCUT2D eigenvalue weighted by Gasteiger charge is -2.24. The smallest absolute Gasteiger partial charge is 0.292 e. The van der Waals surface area contributed by atoms with Crippen LogP contribution in [0.15, 0.2) is 61.1 Å². The van der Waals surface area contributed by atoms with Crippen molar-refractivity contribution >= 4 is 13.7 Å². The van der Waals surface area contributed by atoms with E-state index in [1.807, 2.05) is 30.3 Å². The van der Waals surface area contributed by atoms with Gasteiger partial charge in [-0.1, -0.05) is 35.5 Å². The molecule has 2 aromatic heterocycles. The first-order valence-electron chi connectivity index (χ1n) is 11.6. The third kappa shape index (κ3) is 7.27. The van der Waals surface area contributed by atoms with Crippen molar-refractivity contribution in [1.29, 1.82) is 0 Å². The predicted octanol–water partition coefficient (Wildman–Crippen LogP) is -0.534. The Morgan fingerprint density at radius 2 is 1.97 bits per heavy atom. The maximum atomic E-state index is 12.2. The Morgan fingerprint density at radius 1 is 1.19 bits per heavy atom. The number of phosphoric acid groups is 1. The van der Waals surface area contributed by atoms with Crippen LogP contribution in [0.25, 0.3) is 0 Å². The minimum atomic E-state index is -4.70. The van der Waals surface area contributed by atoms with E-state index in [2.05, 4.69) is 10.3 Å². The van der Waals surface area contributed by atoms with Gasteiger partial charge in [0, 0.05) is 12.3 Å². The summed E-state index contributed by atoms with van der Waals surface area (Å²) in [5.41, 5.74) is 7.22. The lowest BCUT2D eigenvalue weighted by Crippen LogP contribution is -2.46. The van der Waals surface area contributed by atoms with Gasteiger partial charge < -0.3 is 34.6 Å². The van der Waals surface area contributed by atoms with E-state index in [9.17, 15) is 24.5 Å². The molecule has 1 amide bonds. The normalized spacial score (nSPS) is 23.1. The number of aromatic nitrogens is 4. The fourth-order valence-electron chi connectivity index (χ4n) is 3.84. The van der Waals surface area contributed by atoms with Crippen LogP contribution in [0.3, 0.4) is 0 Å². The van der Waals surface area contributed by atoms with Crippen LogP contribution in [-0.4, -0.2) is 62.6 Å². The van der Waals surface area contributed by atoms with E-state index < -0.39 is 44.9 Å². The molecule has 5 atom stereocenters. The van der Waals surface area contributed by atoms with Crippen LogP contribution in [0.1, 0.15) is 34.3 Å². The van der Waals surface area contributed by atoms with E-state index in [0.717, 1.165) is 5.56 Å². The summed E-state index contributed by atoms with van der Waals surface area (Å²) in [6.45, 7) is -0.130. The van der Waals surface area contributed by atoms with E-state index in [1.54, 1.807) is 10.9 Å². The molecule has 198 valence electrons. The molecule has 13 nitrogen and oxygen atoms in total. The Labute approximate surface area is 212 Å². The van der Waals surface area contributed by atoms with Crippen molar-refractivity contribution in [1.82, 2.24) is 15.0 Å². The topological polar surface area (TPSA) is 186 Å². The molecule has 4 rings (SSSR count).